The number of nitrogen functional groups attached to an aromatic ring is 1. The molecule has 3 N–H and O–H groups in total. The second-order valence-corrected chi connectivity index (χ2v) is 4.81. The van der Waals surface area contributed by atoms with Crippen molar-refractivity contribution in [2.24, 2.45) is 0 Å². The number of rotatable bonds is 4. The Balaban J connectivity index is 1.87. The fourth-order valence-corrected chi connectivity index (χ4v) is 2.36. The van der Waals surface area contributed by atoms with Gasteiger partial charge in [0.05, 0.1) is 17.6 Å². The number of hydrogen-bond donors (Lipinski definition) is 2. The van der Waals surface area contributed by atoms with E-state index in [0.29, 0.717) is 0 Å². The lowest BCUT2D eigenvalue weighted by Crippen LogP contribution is -2.22. The van der Waals surface area contributed by atoms with Crippen LogP contribution < -0.4 is 10.6 Å². The van der Waals surface area contributed by atoms with Crippen LogP contribution in [0.15, 0.2) is 48.5 Å². The monoisotopic (exact) mass is 266 g/mol. The fourth-order valence-electron chi connectivity index (χ4n) is 2.36. The zero-order valence-corrected chi connectivity index (χ0v) is 11.5. The number of para-hydroxylation sites is 1. The van der Waals surface area contributed by atoms with Crippen molar-refractivity contribution in [3.63, 3.8) is 0 Å². The highest BCUT2D eigenvalue weighted by Gasteiger charge is 2.08. The molecule has 0 bridgehead atoms. The van der Waals surface area contributed by atoms with E-state index >= 15 is 0 Å². The van der Waals surface area contributed by atoms with Crippen molar-refractivity contribution >= 4 is 22.4 Å². The molecule has 0 saturated heterocycles. The predicted molar refractivity (Wildman–Crippen MR) is 83.7 cm³/mol. The van der Waals surface area contributed by atoms with Gasteiger partial charge in [-0.25, -0.2) is 4.98 Å². The maximum atomic E-state index is 5.79. The molecule has 0 fully saturated rings. The zero-order chi connectivity index (χ0) is 13.9. The Morgan fingerprint density at radius 1 is 1.15 bits per heavy atom. The van der Waals surface area contributed by atoms with Crippen LogP contribution in [-0.2, 0) is 6.54 Å². The number of nitrogens with one attached hydrogen (secondary N) is 1. The van der Waals surface area contributed by atoms with E-state index in [9.17, 15) is 0 Å². The van der Waals surface area contributed by atoms with Gasteiger partial charge in [0.25, 0.3) is 0 Å². The molecular formula is C16H18N4. The highest BCUT2D eigenvalue weighted by Crippen LogP contribution is 2.18. The Bertz CT molecular complexity index is 703. The topological polar surface area (TPSA) is 57.9 Å². The second kappa shape index (κ2) is 5.25. The van der Waals surface area contributed by atoms with E-state index in [1.54, 1.807) is 0 Å². The van der Waals surface area contributed by atoms with Crippen LogP contribution >= 0.6 is 0 Å². The lowest BCUT2D eigenvalue weighted by molar-refractivity contribution is 0.796. The van der Waals surface area contributed by atoms with Gasteiger partial charge in [-0.2, -0.15) is 0 Å². The highest BCUT2D eigenvalue weighted by atomic mass is 15.1. The van der Waals surface area contributed by atoms with Gasteiger partial charge in [-0.3, -0.25) is 0 Å². The normalized spacial score (nSPS) is 10.8. The Labute approximate surface area is 118 Å². The Morgan fingerprint density at radius 3 is 2.70 bits per heavy atom. The van der Waals surface area contributed by atoms with E-state index in [4.69, 9.17) is 5.73 Å². The smallest absolute Gasteiger partial charge is 0.126 e. The van der Waals surface area contributed by atoms with Crippen LogP contribution in [0.5, 0.6) is 0 Å². The maximum absolute atomic E-state index is 5.79. The van der Waals surface area contributed by atoms with Gasteiger partial charge in [-0.05, 0) is 37.3 Å². The molecule has 4 nitrogen and oxygen atoms in total. The summed E-state index contributed by atoms with van der Waals surface area (Å²) in [6.45, 7) is 3.84. The number of nitrogens with zero attached hydrogens (tertiary/aromatic N) is 2. The van der Waals surface area contributed by atoms with Gasteiger partial charge in [0.15, 0.2) is 0 Å². The largest absolute Gasteiger partial charge is 0.399 e. The molecule has 3 rings (SSSR count). The van der Waals surface area contributed by atoms with Crippen LogP contribution in [0, 0.1) is 0 Å². The van der Waals surface area contributed by atoms with Crippen LogP contribution in [0.2, 0.25) is 0 Å². The van der Waals surface area contributed by atoms with E-state index in [1.807, 2.05) is 24.3 Å². The lowest BCUT2D eigenvalue weighted by atomic mass is 10.3. The van der Waals surface area contributed by atoms with E-state index < -0.39 is 0 Å². The summed E-state index contributed by atoms with van der Waals surface area (Å²) >= 11 is 0. The van der Waals surface area contributed by atoms with Crippen molar-refractivity contribution in [1.29, 1.82) is 0 Å². The minimum Gasteiger partial charge on any atom is -0.399 e. The second-order valence-electron chi connectivity index (χ2n) is 4.81. The van der Waals surface area contributed by atoms with Crippen LogP contribution in [0.25, 0.3) is 11.0 Å². The summed E-state index contributed by atoms with van der Waals surface area (Å²) in [5.74, 6) is 0.955. The van der Waals surface area contributed by atoms with Crippen molar-refractivity contribution in [3.05, 3.63) is 54.4 Å². The first-order chi connectivity index (χ1) is 9.76. The fraction of sp³-hybridized carbons (Fsp3) is 0.188. The number of anilines is 2. The Kier molecular flexibility index (Phi) is 3.29. The first-order valence-corrected chi connectivity index (χ1v) is 6.80. The molecule has 3 aromatic rings. The Morgan fingerprint density at radius 2 is 1.95 bits per heavy atom. The van der Waals surface area contributed by atoms with Crippen molar-refractivity contribution in [2.75, 3.05) is 17.2 Å². The average molecular weight is 266 g/mol. The number of benzene rings is 2. The van der Waals surface area contributed by atoms with Crippen molar-refractivity contribution in [2.45, 2.75) is 13.5 Å². The lowest BCUT2D eigenvalue weighted by Gasteiger charge is -2.21. The van der Waals surface area contributed by atoms with Crippen LogP contribution in [-0.4, -0.2) is 16.5 Å². The molecule has 0 aliphatic heterocycles. The number of nitrogens with two attached hydrogens (primary N) is 1. The molecule has 1 heterocycles. The standard InChI is InChI=1S/C16H18N4/c1-2-20(13-6-4-3-5-7-13)11-16-18-14-9-8-12(17)10-15(14)19-16/h3-10H,2,11,17H2,1H3,(H,18,19). The number of H-pyrrole nitrogens is 1. The van der Waals surface area contributed by atoms with Gasteiger partial charge in [-0.1, -0.05) is 18.2 Å². The van der Waals surface area contributed by atoms with Crippen LogP contribution in [0.3, 0.4) is 0 Å². The number of aromatic nitrogens is 2. The molecule has 0 atom stereocenters. The van der Waals surface area contributed by atoms with Gasteiger partial charge >= 0.3 is 0 Å². The molecule has 0 aliphatic rings. The summed E-state index contributed by atoms with van der Waals surface area (Å²) in [6, 6.07) is 16.1. The number of hydrogen-bond acceptors (Lipinski definition) is 3. The van der Waals surface area contributed by atoms with Crippen molar-refractivity contribution in [3.8, 4) is 0 Å². The summed E-state index contributed by atoms with van der Waals surface area (Å²) in [6.07, 6.45) is 0. The van der Waals surface area contributed by atoms with E-state index in [-0.39, 0.29) is 0 Å². The third kappa shape index (κ3) is 2.45. The van der Waals surface area contributed by atoms with Gasteiger partial charge < -0.3 is 15.6 Å². The molecule has 0 amide bonds. The number of imidazole rings is 1. The highest BCUT2D eigenvalue weighted by molar-refractivity contribution is 5.78. The van der Waals surface area contributed by atoms with E-state index in [2.05, 4.69) is 46.1 Å². The van der Waals surface area contributed by atoms with Crippen LogP contribution in [0.4, 0.5) is 11.4 Å². The Hall–Kier alpha value is -2.49. The van der Waals surface area contributed by atoms with Crippen molar-refractivity contribution in [1.82, 2.24) is 9.97 Å². The van der Waals surface area contributed by atoms with E-state index in [1.165, 1.54) is 5.69 Å². The van der Waals surface area contributed by atoms with Gasteiger partial charge in [-0.15, -0.1) is 0 Å². The molecule has 0 saturated carbocycles. The third-order valence-corrected chi connectivity index (χ3v) is 3.40. The minimum absolute atomic E-state index is 0.753. The maximum Gasteiger partial charge on any atom is 0.126 e. The molecule has 0 unspecified atom stereocenters. The quantitative estimate of drug-likeness (QED) is 0.713. The summed E-state index contributed by atoms with van der Waals surface area (Å²) in [5.41, 5.74) is 9.70. The average Bonchev–Trinajstić information content (AvgIpc) is 2.87. The molecule has 0 aliphatic carbocycles. The summed E-state index contributed by atoms with van der Waals surface area (Å²) in [4.78, 5) is 10.2. The molecule has 0 spiro atoms. The number of aromatic amines is 1. The predicted octanol–water partition coefficient (Wildman–Crippen LogP) is 3.17. The first kappa shape index (κ1) is 12.5. The molecule has 2 aromatic carbocycles. The zero-order valence-electron chi connectivity index (χ0n) is 11.5. The van der Waals surface area contributed by atoms with E-state index in [0.717, 1.165) is 35.6 Å². The summed E-state index contributed by atoms with van der Waals surface area (Å²) in [5, 5.41) is 0. The third-order valence-electron chi connectivity index (χ3n) is 3.40. The SMILES string of the molecule is CCN(Cc1nc2ccc(N)cc2[nH]1)c1ccccc1. The van der Waals surface area contributed by atoms with Crippen molar-refractivity contribution < 1.29 is 0 Å². The number of fused-ring (bicyclic) bond motifs is 1. The molecule has 20 heavy (non-hydrogen) atoms. The van der Waals surface area contributed by atoms with Gasteiger partial charge in [0.2, 0.25) is 0 Å². The molecule has 1 aromatic heterocycles. The van der Waals surface area contributed by atoms with Gasteiger partial charge in [0, 0.05) is 17.9 Å². The molecular weight excluding hydrogens is 248 g/mol. The molecule has 0 radical (unpaired) electrons. The van der Waals surface area contributed by atoms with Crippen LogP contribution in [0.1, 0.15) is 12.7 Å². The summed E-state index contributed by atoms with van der Waals surface area (Å²) < 4.78 is 0. The molecule has 102 valence electrons. The van der Waals surface area contributed by atoms with Gasteiger partial charge in [0.1, 0.15) is 5.82 Å². The molecule has 4 heteroatoms. The first-order valence-electron chi connectivity index (χ1n) is 6.80. The minimum atomic E-state index is 0.753. The summed E-state index contributed by atoms with van der Waals surface area (Å²) in [7, 11) is 0.